The van der Waals surface area contributed by atoms with Gasteiger partial charge in [-0.1, -0.05) is 64.2 Å². The Bertz CT molecular complexity index is 1170. The normalized spacial score (nSPS) is 21.3. The molecule has 2 aliphatic carbocycles. The highest BCUT2D eigenvalue weighted by Gasteiger charge is 2.31. The highest BCUT2D eigenvalue weighted by Crippen LogP contribution is 2.28. The molecule has 10 nitrogen and oxygen atoms in total. The van der Waals surface area contributed by atoms with Crippen LogP contribution in [0.1, 0.15) is 111 Å². The molecule has 2 amide bonds. The van der Waals surface area contributed by atoms with Gasteiger partial charge in [0.15, 0.2) is 0 Å². The molecule has 0 spiro atoms. The van der Waals surface area contributed by atoms with Gasteiger partial charge in [0, 0.05) is 23.6 Å². The van der Waals surface area contributed by atoms with Crippen molar-refractivity contribution in [1.29, 1.82) is 0 Å². The van der Waals surface area contributed by atoms with Crippen LogP contribution < -0.4 is 20.3 Å². The van der Waals surface area contributed by atoms with Crippen LogP contribution in [0.25, 0.3) is 0 Å². The lowest BCUT2D eigenvalue weighted by molar-refractivity contribution is -0.271. The maximum atomic E-state index is 12.5. The predicted molar refractivity (Wildman–Crippen MR) is 177 cm³/mol. The molecule has 1 aliphatic heterocycles. The molecule has 3 aliphatic rings. The first-order valence-corrected chi connectivity index (χ1v) is 17.0. The highest BCUT2D eigenvalue weighted by molar-refractivity contribution is 5.95. The van der Waals surface area contributed by atoms with Crippen LogP contribution >= 0.6 is 0 Å². The van der Waals surface area contributed by atoms with Crippen molar-refractivity contribution >= 4 is 24.2 Å². The zero-order valence-corrected chi connectivity index (χ0v) is 26.7. The molecule has 10 heteroatoms. The number of carbonyl (C=O) groups is 2. The largest absolute Gasteiger partial charge is 0.458 e. The maximum Gasteiger partial charge on any atom is 0.271 e. The number of carbonyl (C=O) groups excluding carboxylic acids is 2. The summed E-state index contributed by atoms with van der Waals surface area (Å²) in [6.07, 6.45) is 19.2. The van der Waals surface area contributed by atoms with Crippen LogP contribution in [0.3, 0.4) is 0 Å². The van der Waals surface area contributed by atoms with Gasteiger partial charge in [-0.15, -0.1) is 0 Å². The second kappa shape index (κ2) is 18.4. The first-order chi connectivity index (χ1) is 22.6. The summed E-state index contributed by atoms with van der Waals surface area (Å²) in [6, 6.07) is 13.5. The van der Waals surface area contributed by atoms with Gasteiger partial charge < -0.3 is 18.9 Å². The number of nitrogens with zero attached hydrogens (tertiary/aromatic N) is 2. The number of ether oxygens (including phenoxy) is 4. The van der Waals surface area contributed by atoms with E-state index in [-0.39, 0.29) is 11.8 Å². The summed E-state index contributed by atoms with van der Waals surface area (Å²) in [7, 11) is 0. The van der Waals surface area contributed by atoms with Crippen LogP contribution in [-0.4, -0.2) is 50.0 Å². The number of nitrogens with one attached hydrogen (secondary N) is 2. The smallest absolute Gasteiger partial charge is 0.271 e. The van der Waals surface area contributed by atoms with Gasteiger partial charge in [0.05, 0.1) is 13.2 Å². The molecule has 2 aromatic carbocycles. The number of amides is 2. The lowest BCUT2D eigenvalue weighted by Gasteiger charge is -2.31. The number of hydrazone groups is 2. The fraction of sp³-hybridized carbons (Fsp3) is 0.556. The van der Waals surface area contributed by atoms with E-state index in [1.165, 1.54) is 64.2 Å². The second-order valence-corrected chi connectivity index (χ2v) is 12.4. The van der Waals surface area contributed by atoms with Crippen LogP contribution in [0.4, 0.5) is 0 Å². The van der Waals surface area contributed by atoms with Gasteiger partial charge in [0.25, 0.3) is 24.4 Å². The highest BCUT2D eigenvalue weighted by atomic mass is 16.8. The van der Waals surface area contributed by atoms with E-state index in [9.17, 15) is 9.59 Å². The molecule has 5 rings (SSSR count). The first kappa shape index (κ1) is 33.6. The van der Waals surface area contributed by atoms with Crippen LogP contribution in [0.15, 0.2) is 58.7 Å². The lowest BCUT2D eigenvalue weighted by Crippen LogP contribution is -2.45. The average Bonchev–Trinajstić information content (AvgIpc) is 3.10. The Morgan fingerprint density at radius 1 is 0.630 bits per heavy atom. The van der Waals surface area contributed by atoms with Gasteiger partial charge in [0.2, 0.25) is 0 Å². The number of hydrogen-bond acceptors (Lipinski definition) is 8. The summed E-state index contributed by atoms with van der Waals surface area (Å²) in [5, 5.41) is 8.22. The molecule has 1 heterocycles. The predicted octanol–water partition coefficient (Wildman–Crippen LogP) is 7.00. The van der Waals surface area contributed by atoms with Crippen molar-refractivity contribution in [3.63, 3.8) is 0 Å². The third-order valence-electron chi connectivity index (χ3n) is 8.98. The molecule has 46 heavy (non-hydrogen) atoms. The summed E-state index contributed by atoms with van der Waals surface area (Å²) in [5.41, 5.74) is 6.15. The Balaban J connectivity index is 1.03. The molecule has 0 bridgehead atoms. The number of rotatable bonds is 14. The van der Waals surface area contributed by atoms with Gasteiger partial charge in [-0.25, -0.2) is 10.9 Å². The van der Waals surface area contributed by atoms with E-state index in [1.54, 1.807) is 61.0 Å². The first-order valence-electron chi connectivity index (χ1n) is 17.0. The van der Waals surface area contributed by atoms with Crippen LogP contribution in [0.5, 0.6) is 11.5 Å². The lowest BCUT2D eigenvalue weighted by atomic mass is 9.86. The molecular weight excluding hydrogens is 584 g/mol. The second-order valence-electron chi connectivity index (χ2n) is 12.4. The molecule has 3 fully saturated rings. The van der Waals surface area contributed by atoms with Gasteiger partial charge in [-0.2, -0.15) is 10.2 Å². The third-order valence-corrected chi connectivity index (χ3v) is 8.98. The summed E-state index contributed by atoms with van der Waals surface area (Å²) >= 11 is 0. The van der Waals surface area contributed by atoms with E-state index >= 15 is 0 Å². The Morgan fingerprint density at radius 2 is 1.02 bits per heavy atom. The van der Waals surface area contributed by atoms with E-state index < -0.39 is 12.6 Å². The van der Waals surface area contributed by atoms with Gasteiger partial charge >= 0.3 is 0 Å². The molecule has 0 unspecified atom stereocenters. The summed E-state index contributed by atoms with van der Waals surface area (Å²) in [5.74, 6) is 2.02. The van der Waals surface area contributed by atoms with Crippen LogP contribution in [0.2, 0.25) is 0 Å². The zero-order chi connectivity index (χ0) is 31.8. The summed E-state index contributed by atoms with van der Waals surface area (Å²) in [6.45, 7) is 0.702. The van der Waals surface area contributed by atoms with Crippen molar-refractivity contribution in [3.8, 4) is 11.5 Å². The average molecular weight is 633 g/mol. The fourth-order valence-corrected chi connectivity index (χ4v) is 6.34. The van der Waals surface area contributed by atoms with Crippen LogP contribution in [-0.2, 0) is 9.47 Å². The van der Waals surface area contributed by atoms with E-state index in [1.807, 2.05) is 0 Å². The number of benzene rings is 2. The topological polar surface area (TPSA) is 120 Å². The molecule has 248 valence electrons. The van der Waals surface area contributed by atoms with E-state index in [4.69, 9.17) is 18.9 Å². The van der Waals surface area contributed by atoms with Crippen molar-refractivity contribution in [3.05, 3.63) is 59.7 Å². The fourth-order valence-electron chi connectivity index (χ4n) is 6.34. The molecule has 1 saturated heterocycles. The Kier molecular flexibility index (Phi) is 13.4. The molecule has 2 N–H and O–H groups in total. The maximum absolute atomic E-state index is 12.5. The van der Waals surface area contributed by atoms with Gasteiger partial charge in [-0.05, 0) is 86.1 Å². The molecule has 0 aromatic heterocycles. The summed E-state index contributed by atoms with van der Waals surface area (Å²) in [4.78, 5) is 25.0. The summed E-state index contributed by atoms with van der Waals surface area (Å²) < 4.78 is 23.5. The molecule has 0 radical (unpaired) electrons. The minimum Gasteiger partial charge on any atom is -0.458 e. The minimum absolute atomic E-state index is 0.280. The Morgan fingerprint density at radius 3 is 1.41 bits per heavy atom. The van der Waals surface area contributed by atoms with Crippen molar-refractivity contribution in [1.82, 2.24) is 10.9 Å². The molecule has 2 aromatic rings. The molecule has 2 atom stereocenters. The van der Waals surface area contributed by atoms with Gasteiger partial charge in [-0.3, -0.25) is 9.59 Å². The van der Waals surface area contributed by atoms with E-state index in [2.05, 4.69) is 21.1 Å². The van der Waals surface area contributed by atoms with Crippen molar-refractivity contribution in [2.45, 2.75) is 102 Å². The monoisotopic (exact) mass is 632 g/mol. The van der Waals surface area contributed by atoms with Crippen molar-refractivity contribution < 1.29 is 28.5 Å². The third kappa shape index (κ3) is 10.9. The van der Waals surface area contributed by atoms with Crippen molar-refractivity contribution in [2.75, 3.05) is 13.2 Å². The molecular formula is C36H48N4O6. The zero-order valence-electron chi connectivity index (χ0n) is 26.7. The Labute approximate surface area is 272 Å². The van der Waals surface area contributed by atoms with E-state index in [0.717, 1.165) is 37.5 Å². The standard InChI is InChI=1S/C36H48N4O6/c41-33(39-37-23-7-13-27-9-3-1-4-10-27)29-15-19-31(20-16-29)45-35-36(44-26-25-43-35)46-32-21-17-30(18-22-32)34(42)40-38-24-8-14-28-11-5-2-6-12-28/h15-24,27-28,35-36H,1-14,25-26H2,(H,39,41)(H,40,42)/b37-23-,38-24-/t35-,36-/m1/s1. The molecule has 2 saturated carbocycles. The van der Waals surface area contributed by atoms with Gasteiger partial charge in [0.1, 0.15) is 11.5 Å². The van der Waals surface area contributed by atoms with E-state index in [0.29, 0.717) is 35.8 Å². The minimum atomic E-state index is -0.826. The van der Waals surface area contributed by atoms with Crippen LogP contribution in [0, 0.1) is 11.8 Å². The van der Waals surface area contributed by atoms with Crippen molar-refractivity contribution in [2.24, 2.45) is 22.0 Å². The number of hydrogen-bond donors (Lipinski definition) is 2. The Hall–Kier alpha value is -3.76. The quantitative estimate of drug-likeness (QED) is 0.171. The SMILES string of the molecule is O=C(N/N=C\CCC1CCCCC1)c1ccc(O[C@H]2OCCO[C@@H]2Oc2ccc(C(=O)N/N=C\CCC3CCCCC3)cc2)cc1.